The Morgan fingerprint density at radius 3 is 2.66 bits per heavy atom. The summed E-state index contributed by atoms with van der Waals surface area (Å²) >= 11 is 0. The van der Waals surface area contributed by atoms with Crippen LogP contribution in [0, 0.1) is 19.8 Å². The highest BCUT2D eigenvalue weighted by Crippen LogP contribution is 2.36. The molecule has 3 rings (SSSR count). The topological polar surface area (TPSA) is 81.8 Å². The Labute approximate surface area is 172 Å². The lowest BCUT2D eigenvalue weighted by Gasteiger charge is -2.31. The highest BCUT2D eigenvalue weighted by Gasteiger charge is 2.43. The first-order valence-electron chi connectivity index (χ1n) is 10.1. The molecule has 2 heterocycles. The third kappa shape index (κ3) is 4.28. The molecule has 0 bridgehead atoms. The van der Waals surface area contributed by atoms with Gasteiger partial charge in [0, 0.05) is 26.6 Å². The van der Waals surface area contributed by atoms with E-state index in [4.69, 9.17) is 0 Å². The van der Waals surface area contributed by atoms with Gasteiger partial charge in [0.05, 0.1) is 23.9 Å². The molecule has 0 aliphatic carbocycles. The Morgan fingerprint density at radius 2 is 2.00 bits per heavy atom. The number of carbonyl (C=O) groups excluding carboxylic acids is 3. The van der Waals surface area contributed by atoms with Crippen LogP contribution in [0.4, 0.5) is 4.79 Å². The van der Waals surface area contributed by atoms with Crippen LogP contribution in [0.3, 0.4) is 0 Å². The molecule has 2 aliphatic rings. The van der Waals surface area contributed by atoms with E-state index in [1.165, 1.54) is 4.90 Å². The maximum absolute atomic E-state index is 13.2. The van der Waals surface area contributed by atoms with E-state index in [2.05, 4.69) is 16.7 Å². The van der Waals surface area contributed by atoms with Gasteiger partial charge >= 0.3 is 6.03 Å². The number of amides is 4. The minimum absolute atomic E-state index is 0.0649. The van der Waals surface area contributed by atoms with E-state index in [-0.39, 0.29) is 24.3 Å². The summed E-state index contributed by atoms with van der Waals surface area (Å²) < 4.78 is 0. The molecule has 0 saturated carbocycles. The van der Waals surface area contributed by atoms with Gasteiger partial charge in [-0.15, -0.1) is 0 Å². The molecule has 0 unspecified atom stereocenters. The maximum atomic E-state index is 13.2. The summed E-state index contributed by atoms with van der Waals surface area (Å²) in [5, 5.41) is 5.84. The molecular weight excluding hydrogens is 368 g/mol. The van der Waals surface area contributed by atoms with Crippen LogP contribution in [0.15, 0.2) is 29.5 Å². The lowest BCUT2D eigenvalue weighted by Crippen LogP contribution is -2.45. The molecule has 1 atom stereocenters. The van der Waals surface area contributed by atoms with E-state index in [1.807, 2.05) is 39.8 Å². The first-order chi connectivity index (χ1) is 13.7. The van der Waals surface area contributed by atoms with Gasteiger partial charge in [0.15, 0.2) is 0 Å². The molecule has 2 aliphatic heterocycles. The zero-order chi connectivity index (χ0) is 21.3. The number of nitrogens with one attached hydrogen (secondary N) is 2. The third-order valence-electron chi connectivity index (χ3n) is 5.49. The van der Waals surface area contributed by atoms with E-state index in [1.54, 1.807) is 11.9 Å². The molecule has 1 aromatic carbocycles. The average Bonchev–Trinajstić information content (AvgIpc) is 2.98. The van der Waals surface area contributed by atoms with Crippen LogP contribution in [-0.4, -0.2) is 54.3 Å². The minimum atomic E-state index is -0.471. The number of nitrogens with zero attached hydrogens (tertiary/aromatic N) is 2. The number of carbonyl (C=O) groups is 3. The second-order valence-electron chi connectivity index (χ2n) is 8.34. The van der Waals surface area contributed by atoms with E-state index in [9.17, 15) is 14.4 Å². The van der Waals surface area contributed by atoms with Crippen molar-refractivity contribution in [1.29, 1.82) is 0 Å². The van der Waals surface area contributed by atoms with Crippen LogP contribution in [0.2, 0.25) is 0 Å². The molecule has 0 saturated heterocycles. The zero-order valence-corrected chi connectivity index (χ0v) is 17.8. The predicted molar refractivity (Wildman–Crippen MR) is 111 cm³/mol. The van der Waals surface area contributed by atoms with E-state index < -0.39 is 6.04 Å². The molecular formula is C22H30N4O3. The molecule has 1 aromatic rings. The standard InChI is InChI=1S/C22H30N4O3/c1-13(2)11-23-18(27)8-9-26-12-17-19(21(26)28)20(24-22(29)25(17)5)16-7-6-14(3)10-15(16)4/h6-7,10,13,20H,8-9,11-12H2,1-5H3,(H,23,27)(H,24,29)/t20-/m0/s1. The van der Waals surface area contributed by atoms with Gasteiger partial charge in [-0.3, -0.25) is 14.5 Å². The van der Waals surface area contributed by atoms with Crippen LogP contribution in [0.25, 0.3) is 0 Å². The number of likely N-dealkylation sites (N-methyl/N-ethyl adjacent to an activating group) is 1. The number of aryl methyl sites for hydroxylation is 2. The Kier molecular flexibility index (Phi) is 5.96. The smallest absolute Gasteiger partial charge is 0.322 e. The second kappa shape index (κ2) is 8.27. The van der Waals surface area contributed by atoms with Crippen LogP contribution in [-0.2, 0) is 9.59 Å². The SMILES string of the molecule is Cc1ccc([C@@H]2NC(=O)N(C)C3=C2C(=O)N(CCC(=O)NCC(C)C)C3)c(C)c1. The van der Waals surface area contributed by atoms with E-state index >= 15 is 0 Å². The van der Waals surface area contributed by atoms with Crippen molar-refractivity contribution in [3.8, 4) is 0 Å². The van der Waals surface area contributed by atoms with Gasteiger partial charge in [0.2, 0.25) is 5.91 Å². The summed E-state index contributed by atoms with van der Waals surface area (Å²) in [5.74, 6) is 0.198. The summed E-state index contributed by atoms with van der Waals surface area (Å²) in [6.07, 6.45) is 0.248. The fourth-order valence-electron chi connectivity index (χ4n) is 3.83. The summed E-state index contributed by atoms with van der Waals surface area (Å²) in [5.41, 5.74) is 4.40. The minimum Gasteiger partial charge on any atom is -0.356 e. The van der Waals surface area contributed by atoms with Crippen molar-refractivity contribution in [2.24, 2.45) is 5.92 Å². The Morgan fingerprint density at radius 1 is 1.28 bits per heavy atom. The van der Waals surface area contributed by atoms with E-state index in [0.717, 1.165) is 16.7 Å². The second-order valence-corrected chi connectivity index (χ2v) is 8.34. The normalized spacial score (nSPS) is 19.0. The van der Waals surface area contributed by atoms with Crippen molar-refractivity contribution in [3.63, 3.8) is 0 Å². The summed E-state index contributed by atoms with van der Waals surface area (Å²) in [6, 6.07) is 5.32. The van der Waals surface area contributed by atoms with Gasteiger partial charge in [-0.2, -0.15) is 0 Å². The molecule has 0 radical (unpaired) electrons. The molecule has 156 valence electrons. The first kappa shape index (κ1) is 20.9. The third-order valence-corrected chi connectivity index (χ3v) is 5.49. The lowest BCUT2D eigenvalue weighted by molar-refractivity contribution is -0.127. The van der Waals surface area contributed by atoms with Gasteiger partial charge in [-0.25, -0.2) is 4.79 Å². The van der Waals surface area contributed by atoms with Crippen molar-refractivity contribution in [1.82, 2.24) is 20.4 Å². The highest BCUT2D eigenvalue weighted by atomic mass is 16.2. The molecule has 0 spiro atoms. The fraction of sp³-hybridized carbons (Fsp3) is 0.500. The van der Waals surface area contributed by atoms with Gasteiger partial charge < -0.3 is 15.5 Å². The number of benzene rings is 1. The number of urea groups is 1. The molecule has 7 nitrogen and oxygen atoms in total. The number of hydrogen-bond donors (Lipinski definition) is 2. The molecule has 0 fully saturated rings. The monoisotopic (exact) mass is 398 g/mol. The highest BCUT2D eigenvalue weighted by molar-refractivity contribution is 6.01. The largest absolute Gasteiger partial charge is 0.356 e. The summed E-state index contributed by atoms with van der Waals surface area (Å²) in [4.78, 5) is 40.9. The molecule has 7 heteroatoms. The number of rotatable bonds is 6. The summed E-state index contributed by atoms with van der Waals surface area (Å²) in [7, 11) is 1.68. The van der Waals surface area contributed by atoms with Crippen molar-refractivity contribution >= 4 is 17.8 Å². The molecule has 0 aromatic heterocycles. The zero-order valence-electron chi connectivity index (χ0n) is 17.8. The van der Waals surface area contributed by atoms with Crippen LogP contribution in [0.5, 0.6) is 0 Å². The molecule has 2 N–H and O–H groups in total. The van der Waals surface area contributed by atoms with Gasteiger partial charge in [-0.05, 0) is 30.9 Å². The Hall–Kier alpha value is -2.83. The van der Waals surface area contributed by atoms with Crippen LogP contribution < -0.4 is 10.6 Å². The molecule has 4 amide bonds. The van der Waals surface area contributed by atoms with Gasteiger partial charge in [-0.1, -0.05) is 37.6 Å². The van der Waals surface area contributed by atoms with Crippen molar-refractivity contribution in [3.05, 3.63) is 46.2 Å². The quantitative estimate of drug-likeness (QED) is 0.771. The predicted octanol–water partition coefficient (Wildman–Crippen LogP) is 2.26. The number of hydrogen-bond acceptors (Lipinski definition) is 3. The van der Waals surface area contributed by atoms with Crippen LogP contribution in [0.1, 0.15) is 43.0 Å². The van der Waals surface area contributed by atoms with Crippen molar-refractivity contribution in [2.45, 2.75) is 40.2 Å². The Balaban J connectivity index is 1.79. The van der Waals surface area contributed by atoms with Crippen molar-refractivity contribution in [2.75, 3.05) is 26.7 Å². The lowest BCUT2D eigenvalue weighted by atomic mass is 9.91. The summed E-state index contributed by atoms with van der Waals surface area (Å²) in [6.45, 7) is 9.38. The van der Waals surface area contributed by atoms with Crippen LogP contribution >= 0.6 is 0 Å². The van der Waals surface area contributed by atoms with E-state index in [0.29, 0.717) is 36.8 Å². The first-order valence-corrected chi connectivity index (χ1v) is 10.1. The Bertz CT molecular complexity index is 875. The fourth-order valence-corrected chi connectivity index (χ4v) is 3.83. The molecule has 29 heavy (non-hydrogen) atoms. The average molecular weight is 399 g/mol. The van der Waals surface area contributed by atoms with Gasteiger partial charge in [0.25, 0.3) is 5.91 Å². The maximum Gasteiger partial charge on any atom is 0.322 e. The van der Waals surface area contributed by atoms with Crippen molar-refractivity contribution < 1.29 is 14.4 Å². The van der Waals surface area contributed by atoms with Gasteiger partial charge in [0.1, 0.15) is 0 Å².